The van der Waals surface area contributed by atoms with Gasteiger partial charge in [-0.2, -0.15) is 9.49 Å². The summed E-state index contributed by atoms with van der Waals surface area (Å²) < 4.78 is 17.3. The number of phenols is 1. The van der Waals surface area contributed by atoms with Gasteiger partial charge >= 0.3 is 0 Å². The van der Waals surface area contributed by atoms with E-state index in [4.69, 9.17) is 5.73 Å². The second-order valence-corrected chi connectivity index (χ2v) is 7.81. The fourth-order valence-corrected chi connectivity index (χ4v) is 4.17. The second-order valence-electron chi connectivity index (χ2n) is 7.81. The van der Waals surface area contributed by atoms with Crippen LogP contribution >= 0.6 is 0 Å². The van der Waals surface area contributed by atoms with Crippen molar-refractivity contribution in [3.63, 3.8) is 0 Å². The number of amides is 1. The van der Waals surface area contributed by atoms with Crippen LogP contribution in [0.25, 0.3) is 28.5 Å². The molecule has 1 amide bonds. The molecule has 0 saturated heterocycles. The minimum atomic E-state index is -0.589. The maximum Gasteiger partial charge on any atom is 0.260 e. The van der Waals surface area contributed by atoms with Gasteiger partial charge in [0.1, 0.15) is 17.4 Å². The van der Waals surface area contributed by atoms with E-state index in [-0.39, 0.29) is 28.4 Å². The number of aromatic nitrogens is 5. The number of phenolic OH excluding ortho intramolecular Hbond substituents is 1. The standard InChI is InChI=1S/C22H20FN7O2/c1-9-5-6-15(31)10(2)18(9)30-20(24)17-16-14(26-11(3)27-21(16)30)7-13(28-22(17)32)12-8-25-29(4)19(12)23/h5-8,31H,24H2,1-4H3,(H,28,32). The Morgan fingerprint density at radius 1 is 1.19 bits per heavy atom. The average Bonchev–Trinajstić information content (AvgIpc) is 3.16. The van der Waals surface area contributed by atoms with Crippen LogP contribution in [0.4, 0.5) is 10.2 Å². The molecule has 0 aliphatic carbocycles. The van der Waals surface area contributed by atoms with Gasteiger partial charge in [-0.05, 0) is 38.5 Å². The molecule has 0 saturated carbocycles. The van der Waals surface area contributed by atoms with Gasteiger partial charge in [0.15, 0.2) is 5.65 Å². The van der Waals surface area contributed by atoms with E-state index in [1.807, 2.05) is 6.92 Å². The molecular formula is C22H20FN7O2. The van der Waals surface area contributed by atoms with Crippen molar-refractivity contribution in [1.29, 1.82) is 0 Å². The van der Waals surface area contributed by atoms with Crippen LogP contribution in [-0.2, 0) is 7.05 Å². The first-order valence-electron chi connectivity index (χ1n) is 9.88. The number of hydrogen-bond donors (Lipinski definition) is 3. The first-order valence-corrected chi connectivity index (χ1v) is 9.88. The van der Waals surface area contributed by atoms with E-state index in [9.17, 15) is 14.3 Å². The van der Waals surface area contributed by atoms with E-state index in [1.165, 1.54) is 13.2 Å². The van der Waals surface area contributed by atoms with Gasteiger partial charge in [0.05, 0.1) is 39.8 Å². The summed E-state index contributed by atoms with van der Waals surface area (Å²) in [5, 5.41) is 17.4. The van der Waals surface area contributed by atoms with Gasteiger partial charge in [0.25, 0.3) is 5.91 Å². The van der Waals surface area contributed by atoms with Crippen molar-refractivity contribution in [2.75, 3.05) is 5.73 Å². The number of nitrogens with two attached hydrogens (primary N) is 1. The lowest BCUT2D eigenvalue weighted by atomic mass is 10.1. The predicted molar refractivity (Wildman–Crippen MR) is 118 cm³/mol. The molecule has 1 aromatic carbocycles. The quantitative estimate of drug-likeness (QED) is 0.447. The van der Waals surface area contributed by atoms with Gasteiger partial charge in [-0.25, -0.2) is 14.6 Å². The van der Waals surface area contributed by atoms with Gasteiger partial charge in [-0.15, -0.1) is 0 Å². The van der Waals surface area contributed by atoms with Gasteiger partial charge in [0, 0.05) is 12.6 Å². The third kappa shape index (κ3) is 2.62. The predicted octanol–water partition coefficient (Wildman–Crippen LogP) is 2.75. The number of benzene rings is 1. The molecule has 0 atom stereocenters. The van der Waals surface area contributed by atoms with Crippen molar-refractivity contribution < 1.29 is 14.3 Å². The summed E-state index contributed by atoms with van der Waals surface area (Å²) in [7, 11) is 1.47. The third-order valence-electron chi connectivity index (χ3n) is 5.73. The number of nitrogens with zero attached hydrogens (tertiary/aromatic N) is 5. The molecule has 9 nitrogen and oxygen atoms in total. The molecule has 1 aliphatic rings. The van der Waals surface area contributed by atoms with Crippen LogP contribution in [0.15, 0.2) is 18.3 Å². The third-order valence-corrected chi connectivity index (χ3v) is 5.73. The maximum atomic E-state index is 14.5. The molecule has 0 bridgehead atoms. The minimum Gasteiger partial charge on any atom is -0.508 e. The zero-order chi connectivity index (χ0) is 22.9. The Morgan fingerprint density at radius 3 is 2.62 bits per heavy atom. The molecule has 0 unspecified atom stereocenters. The van der Waals surface area contributed by atoms with Crippen LogP contribution in [-0.4, -0.2) is 35.3 Å². The van der Waals surface area contributed by atoms with Crippen LogP contribution in [0, 0.1) is 26.7 Å². The first-order chi connectivity index (χ1) is 15.2. The molecule has 0 spiro atoms. The number of nitrogen functional groups attached to an aromatic ring is 1. The lowest BCUT2D eigenvalue weighted by molar-refractivity contribution is 0.0976. The summed E-state index contributed by atoms with van der Waals surface area (Å²) in [5.74, 6) is -0.400. The summed E-state index contributed by atoms with van der Waals surface area (Å²) in [5.41, 5.74) is 10.0. The van der Waals surface area contributed by atoms with Gasteiger partial charge in [-0.3, -0.25) is 9.36 Å². The number of aryl methyl sites for hydroxylation is 3. The SMILES string of the molecule is Cc1nc2c3c(c(N)n(-c4c(C)ccc(O)c4C)c3n1)C(=O)NC(c1cnn(C)c1F)=C2. The summed E-state index contributed by atoms with van der Waals surface area (Å²) in [4.78, 5) is 22.4. The minimum absolute atomic E-state index is 0.102. The molecule has 0 fully saturated rings. The number of aromatic hydroxyl groups is 1. The first kappa shape index (κ1) is 19.7. The van der Waals surface area contributed by atoms with Crippen molar-refractivity contribution in [1.82, 2.24) is 29.6 Å². The fraction of sp³-hybridized carbons (Fsp3) is 0.182. The Balaban J connectivity index is 1.88. The molecule has 4 aromatic rings. The largest absolute Gasteiger partial charge is 0.508 e. The maximum absolute atomic E-state index is 14.5. The van der Waals surface area contributed by atoms with Crippen molar-refractivity contribution in [3.8, 4) is 11.4 Å². The smallest absolute Gasteiger partial charge is 0.260 e. The molecule has 10 heteroatoms. The molecule has 5 rings (SSSR count). The number of hydrogen-bond acceptors (Lipinski definition) is 6. The van der Waals surface area contributed by atoms with E-state index in [2.05, 4.69) is 20.4 Å². The molecular weight excluding hydrogens is 413 g/mol. The zero-order valence-electron chi connectivity index (χ0n) is 17.9. The molecule has 162 valence electrons. The zero-order valence-corrected chi connectivity index (χ0v) is 17.9. The van der Waals surface area contributed by atoms with E-state index in [0.29, 0.717) is 33.8 Å². The van der Waals surface area contributed by atoms with E-state index >= 15 is 0 Å². The molecule has 1 aliphatic heterocycles. The van der Waals surface area contributed by atoms with Gasteiger partial charge in [-0.1, -0.05) is 6.07 Å². The number of anilines is 1. The highest BCUT2D eigenvalue weighted by atomic mass is 19.1. The van der Waals surface area contributed by atoms with Crippen molar-refractivity contribution in [2.24, 2.45) is 7.05 Å². The second kappa shape index (κ2) is 6.64. The lowest BCUT2D eigenvalue weighted by Gasteiger charge is -2.16. The number of carbonyl (C=O) groups excluding carboxylic acids is 1. The number of nitrogens with one attached hydrogen (secondary N) is 1. The Bertz CT molecular complexity index is 1500. The molecule has 32 heavy (non-hydrogen) atoms. The van der Waals surface area contributed by atoms with Gasteiger partial charge < -0.3 is 16.2 Å². The van der Waals surface area contributed by atoms with Gasteiger partial charge in [0.2, 0.25) is 5.95 Å². The Kier molecular flexibility index (Phi) is 4.10. The molecule has 4 N–H and O–H groups in total. The number of rotatable bonds is 2. The van der Waals surface area contributed by atoms with Crippen LogP contribution < -0.4 is 11.1 Å². The van der Waals surface area contributed by atoms with E-state index < -0.39 is 11.9 Å². The summed E-state index contributed by atoms with van der Waals surface area (Å²) >= 11 is 0. The van der Waals surface area contributed by atoms with Crippen LogP contribution in [0.1, 0.15) is 38.6 Å². The molecule has 4 heterocycles. The van der Waals surface area contributed by atoms with E-state index in [0.717, 1.165) is 10.2 Å². The number of carbonyl (C=O) groups is 1. The highest BCUT2D eigenvalue weighted by molar-refractivity contribution is 6.18. The Labute approximate surface area is 182 Å². The lowest BCUT2D eigenvalue weighted by Crippen LogP contribution is -2.22. The Hall–Kier alpha value is -4.21. The van der Waals surface area contributed by atoms with E-state index in [1.54, 1.807) is 36.6 Å². The van der Waals surface area contributed by atoms with Crippen LogP contribution in [0.5, 0.6) is 5.75 Å². The fourth-order valence-electron chi connectivity index (χ4n) is 4.17. The van der Waals surface area contributed by atoms with Crippen molar-refractivity contribution in [2.45, 2.75) is 20.8 Å². The highest BCUT2D eigenvalue weighted by Crippen LogP contribution is 2.38. The van der Waals surface area contributed by atoms with Crippen LogP contribution in [0.2, 0.25) is 0 Å². The normalized spacial score (nSPS) is 13.3. The highest BCUT2D eigenvalue weighted by Gasteiger charge is 2.31. The van der Waals surface area contributed by atoms with Crippen molar-refractivity contribution in [3.05, 3.63) is 58.0 Å². The number of halogens is 1. The molecule has 0 radical (unpaired) electrons. The summed E-state index contributed by atoms with van der Waals surface area (Å²) in [6.07, 6.45) is 2.93. The van der Waals surface area contributed by atoms with Crippen LogP contribution in [0.3, 0.4) is 0 Å². The summed E-state index contributed by atoms with van der Waals surface area (Å²) in [6, 6.07) is 3.38. The average molecular weight is 433 g/mol. The summed E-state index contributed by atoms with van der Waals surface area (Å²) in [6.45, 7) is 5.38. The van der Waals surface area contributed by atoms with Crippen molar-refractivity contribution >= 4 is 34.5 Å². The molecule has 3 aromatic heterocycles. The topological polar surface area (TPSA) is 124 Å². The Morgan fingerprint density at radius 2 is 1.94 bits per heavy atom. The monoisotopic (exact) mass is 433 g/mol.